The van der Waals surface area contributed by atoms with E-state index >= 15 is 0 Å². The Balaban J connectivity index is 1.53. The van der Waals surface area contributed by atoms with Crippen LogP contribution in [0.25, 0.3) is 0 Å². The van der Waals surface area contributed by atoms with E-state index in [1.165, 1.54) is 44.9 Å². The summed E-state index contributed by atoms with van der Waals surface area (Å²) in [6.45, 7) is 21.4. The SMILES string of the molecule is CC(=O)CCC[C@@H](C)[C@H]1CC[C@H]2[C@@H]3CC=C4CC(O)([Si](C)(C)C(C)(C)C)CC[C@]4(C)[C@H]3CC[C@]12C. The maximum atomic E-state index is 12.1. The molecule has 4 aliphatic carbocycles. The summed E-state index contributed by atoms with van der Waals surface area (Å²) < 4.78 is 0. The quantitative estimate of drug-likeness (QED) is 0.292. The second-order valence-corrected chi connectivity index (χ2v) is 21.3. The fourth-order valence-electron chi connectivity index (χ4n) is 9.73. The van der Waals surface area contributed by atoms with Crippen molar-refractivity contribution in [2.24, 2.45) is 40.4 Å². The maximum absolute atomic E-state index is 12.1. The number of fused-ring (bicyclic) bond motifs is 5. The van der Waals surface area contributed by atoms with Gasteiger partial charge in [-0.2, -0.15) is 0 Å². The van der Waals surface area contributed by atoms with Gasteiger partial charge >= 0.3 is 0 Å². The number of hydrogen-bond acceptors (Lipinski definition) is 2. The van der Waals surface area contributed by atoms with Gasteiger partial charge in [-0.3, -0.25) is 0 Å². The molecule has 1 unspecified atom stereocenters. The Labute approximate surface area is 218 Å². The van der Waals surface area contributed by atoms with E-state index in [1.807, 2.05) is 0 Å². The molecule has 0 heterocycles. The fourth-order valence-corrected chi connectivity index (χ4v) is 12.5. The van der Waals surface area contributed by atoms with E-state index < -0.39 is 13.3 Å². The molecule has 0 saturated heterocycles. The summed E-state index contributed by atoms with van der Waals surface area (Å²) in [5.41, 5.74) is 2.40. The number of allylic oxidation sites excluding steroid dienone is 1. The lowest BCUT2D eigenvalue weighted by molar-refractivity contribution is -0.117. The highest BCUT2D eigenvalue weighted by Crippen LogP contribution is 2.68. The van der Waals surface area contributed by atoms with Crippen molar-refractivity contribution in [2.45, 2.75) is 142 Å². The molecule has 4 rings (SSSR count). The van der Waals surface area contributed by atoms with Crippen LogP contribution in [0.5, 0.6) is 0 Å². The highest BCUT2D eigenvalue weighted by molar-refractivity contribution is 6.82. The summed E-state index contributed by atoms with van der Waals surface area (Å²) in [6.07, 6.45) is 15.6. The molecule has 0 aliphatic heterocycles. The number of carbonyl (C=O) groups is 1. The molecule has 8 atom stereocenters. The Kier molecular flexibility index (Phi) is 7.18. The first-order valence-electron chi connectivity index (χ1n) is 15.0. The number of Topliss-reactive ketones (excluding diaryl/α,β-unsaturated/α-hetero) is 1. The zero-order valence-corrected chi connectivity index (χ0v) is 25.6. The molecule has 0 spiro atoms. The lowest BCUT2D eigenvalue weighted by Gasteiger charge is -2.61. The zero-order valence-electron chi connectivity index (χ0n) is 24.6. The van der Waals surface area contributed by atoms with Crippen molar-refractivity contribution in [1.29, 1.82) is 0 Å². The molecule has 0 aromatic carbocycles. The standard InChI is InChI=1S/C32H56O2Si/c1-22(11-10-12-23(2)33)26-15-16-27-25-14-13-24-21-32(34,35(8,9)29(3,4)5)20-19-30(24,6)28(25)17-18-31(26,27)7/h13,22,25-28,34H,10-12,14-21H2,1-9H3/t22-,25+,26-,27+,28+,30+,31-,32?/m1/s1. The first kappa shape index (κ1) is 27.6. The van der Waals surface area contributed by atoms with Gasteiger partial charge in [-0.05, 0) is 110 Å². The molecule has 3 heteroatoms. The van der Waals surface area contributed by atoms with Gasteiger partial charge in [0.25, 0.3) is 0 Å². The molecule has 1 N–H and O–H groups in total. The number of aliphatic hydroxyl groups is 1. The molecule has 200 valence electrons. The Hall–Kier alpha value is -0.413. The van der Waals surface area contributed by atoms with Gasteiger partial charge in [-0.25, -0.2) is 0 Å². The summed E-state index contributed by atoms with van der Waals surface area (Å²) in [4.78, 5) is 11.5. The van der Waals surface area contributed by atoms with E-state index in [2.05, 4.69) is 60.7 Å². The number of rotatable bonds is 6. The molecule has 2 nitrogen and oxygen atoms in total. The van der Waals surface area contributed by atoms with Gasteiger partial charge in [0.05, 0.1) is 13.3 Å². The summed E-state index contributed by atoms with van der Waals surface area (Å²) in [5, 5.41) is 11.8. The van der Waals surface area contributed by atoms with E-state index in [1.54, 1.807) is 12.5 Å². The average molecular weight is 501 g/mol. The normalized spacial score (nSPS) is 42.5. The first-order valence-corrected chi connectivity index (χ1v) is 18.0. The van der Waals surface area contributed by atoms with Crippen LogP contribution in [-0.4, -0.2) is 24.2 Å². The molecular weight excluding hydrogens is 444 g/mol. The Morgan fingerprint density at radius 3 is 2.43 bits per heavy atom. The van der Waals surface area contributed by atoms with Crippen molar-refractivity contribution in [3.8, 4) is 0 Å². The van der Waals surface area contributed by atoms with Gasteiger partial charge in [0, 0.05) is 6.42 Å². The largest absolute Gasteiger partial charge is 0.393 e. The molecule has 3 saturated carbocycles. The van der Waals surface area contributed by atoms with Crippen LogP contribution in [0.4, 0.5) is 0 Å². The van der Waals surface area contributed by atoms with Gasteiger partial charge in [0.2, 0.25) is 0 Å². The van der Waals surface area contributed by atoms with Crippen molar-refractivity contribution < 1.29 is 9.90 Å². The van der Waals surface area contributed by atoms with Gasteiger partial charge in [-0.15, -0.1) is 0 Å². The minimum atomic E-state index is -1.86. The van der Waals surface area contributed by atoms with E-state index in [-0.39, 0.29) is 5.04 Å². The van der Waals surface area contributed by atoms with Gasteiger partial charge in [0.1, 0.15) is 5.78 Å². The maximum Gasteiger partial charge on any atom is 0.129 e. The van der Waals surface area contributed by atoms with Crippen molar-refractivity contribution >= 4 is 13.9 Å². The van der Waals surface area contributed by atoms with Crippen LogP contribution in [0.2, 0.25) is 18.1 Å². The number of carbonyl (C=O) groups excluding carboxylic acids is 1. The first-order chi connectivity index (χ1) is 16.1. The predicted molar refractivity (Wildman–Crippen MR) is 151 cm³/mol. The minimum absolute atomic E-state index is 0.208. The minimum Gasteiger partial charge on any atom is -0.393 e. The molecular formula is C32H56O2Si. The van der Waals surface area contributed by atoms with Crippen molar-refractivity contribution in [2.75, 3.05) is 0 Å². The van der Waals surface area contributed by atoms with Crippen molar-refractivity contribution in [3.63, 3.8) is 0 Å². The van der Waals surface area contributed by atoms with Crippen LogP contribution in [0.1, 0.15) is 119 Å². The summed E-state index contributed by atoms with van der Waals surface area (Å²) in [6, 6.07) is 0. The number of ketones is 1. The van der Waals surface area contributed by atoms with E-state index in [9.17, 15) is 9.90 Å². The summed E-state index contributed by atoms with van der Waals surface area (Å²) in [7, 11) is -1.86. The third kappa shape index (κ3) is 4.37. The zero-order chi connectivity index (χ0) is 26.0. The second kappa shape index (κ2) is 9.11. The van der Waals surface area contributed by atoms with E-state index in [0.717, 1.165) is 55.3 Å². The van der Waals surface area contributed by atoms with Gasteiger partial charge in [0.15, 0.2) is 0 Å². The predicted octanol–water partition coefficient (Wildman–Crippen LogP) is 8.74. The Morgan fingerprint density at radius 2 is 1.80 bits per heavy atom. The van der Waals surface area contributed by atoms with Crippen LogP contribution in [0, 0.1) is 40.4 Å². The average Bonchev–Trinajstić information content (AvgIpc) is 3.10. The van der Waals surface area contributed by atoms with Gasteiger partial charge < -0.3 is 9.90 Å². The Morgan fingerprint density at radius 1 is 1.11 bits per heavy atom. The van der Waals surface area contributed by atoms with Crippen LogP contribution < -0.4 is 0 Å². The lowest BCUT2D eigenvalue weighted by Crippen LogP contribution is -2.63. The summed E-state index contributed by atoms with van der Waals surface area (Å²) >= 11 is 0. The van der Waals surface area contributed by atoms with E-state index in [4.69, 9.17) is 0 Å². The van der Waals surface area contributed by atoms with Gasteiger partial charge in [-0.1, -0.05) is 72.7 Å². The Bertz CT molecular complexity index is 852. The molecule has 0 aromatic heterocycles. The third-order valence-electron chi connectivity index (χ3n) is 13.2. The highest BCUT2D eigenvalue weighted by Gasteiger charge is 2.62. The molecule has 3 fully saturated rings. The molecule has 4 aliphatic rings. The van der Waals surface area contributed by atoms with E-state index in [0.29, 0.717) is 16.6 Å². The topological polar surface area (TPSA) is 37.3 Å². The molecule has 0 amide bonds. The molecule has 35 heavy (non-hydrogen) atoms. The second-order valence-electron chi connectivity index (χ2n) is 15.6. The van der Waals surface area contributed by atoms with Crippen LogP contribution in [0.3, 0.4) is 0 Å². The highest BCUT2D eigenvalue weighted by atomic mass is 28.3. The molecule has 0 bridgehead atoms. The number of hydrogen-bond donors (Lipinski definition) is 1. The molecule has 0 radical (unpaired) electrons. The van der Waals surface area contributed by atoms with Crippen molar-refractivity contribution in [3.05, 3.63) is 11.6 Å². The summed E-state index contributed by atoms with van der Waals surface area (Å²) in [5.74, 6) is 4.40. The smallest absolute Gasteiger partial charge is 0.129 e. The van der Waals surface area contributed by atoms with Crippen LogP contribution in [-0.2, 0) is 4.79 Å². The molecule has 0 aromatic rings. The van der Waals surface area contributed by atoms with Crippen LogP contribution >= 0.6 is 0 Å². The van der Waals surface area contributed by atoms with Crippen LogP contribution in [0.15, 0.2) is 11.6 Å². The monoisotopic (exact) mass is 500 g/mol. The van der Waals surface area contributed by atoms with Crippen molar-refractivity contribution in [1.82, 2.24) is 0 Å². The lowest BCUT2D eigenvalue weighted by atomic mass is 9.47. The third-order valence-corrected chi connectivity index (χ3v) is 19.7. The fraction of sp³-hybridized carbons (Fsp3) is 0.906.